The molecule has 0 heterocycles. The molecule has 1 atom stereocenters. The van der Waals surface area contributed by atoms with Crippen molar-refractivity contribution < 1.29 is 9.18 Å². The van der Waals surface area contributed by atoms with Gasteiger partial charge in [-0.1, -0.05) is 17.7 Å². The van der Waals surface area contributed by atoms with E-state index < -0.39 is 11.9 Å². The summed E-state index contributed by atoms with van der Waals surface area (Å²) in [6.07, 6.45) is 0.150. The second-order valence-electron chi connectivity index (χ2n) is 3.17. The average molecular weight is 216 g/mol. The van der Waals surface area contributed by atoms with E-state index in [2.05, 4.69) is 0 Å². The summed E-state index contributed by atoms with van der Waals surface area (Å²) in [5, 5.41) is 0.263. The number of halogens is 2. The molecule has 0 saturated heterocycles. The topological polar surface area (TPSA) is 43.1 Å². The standard InChI is InChI=1S/C10H11ClFNO/c1-6(13)10(14)4-7-2-3-8(12)5-9(7)11/h2-3,5-6H,4,13H2,1H3. The Bertz CT molecular complexity index is 352. The largest absolute Gasteiger partial charge is 0.322 e. The third-order valence-electron chi connectivity index (χ3n) is 1.89. The summed E-state index contributed by atoms with van der Waals surface area (Å²) in [5.74, 6) is -0.523. The maximum absolute atomic E-state index is 12.6. The number of nitrogens with two attached hydrogens (primary N) is 1. The van der Waals surface area contributed by atoms with Gasteiger partial charge in [-0.25, -0.2) is 4.39 Å². The molecule has 0 aliphatic rings. The fourth-order valence-electron chi connectivity index (χ4n) is 1.01. The second kappa shape index (κ2) is 4.53. The van der Waals surface area contributed by atoms with Crippen LogP contribution in [-0.4, -0.2) is 11.8 Å². The highest BCUT2D eigenvalue weighted by molar-refractivity contribution is 6.31. The van der Waals surface area contributed by atoms with Gasteiger partial charge in [0.1, 0.15) is 5.82 Å². The average Bonchev–Trinajstić information content (AvgIpc) is 2.09. The highest BCUT2D eigenvalue weighted by Gasteiger charge is 2.11. The lowest BCUT2D eigenvalue weighted by molar-refractivity contribution is -0.119. The fraction of sp³-hybridized carbons (Fsp3) is 0.300. The Hall–Kier alpha value is -0.930. The minimum absolute atomic E-state index is 0.112. The summed E-state index contributed by atoms with van der Waals surface area (Å²) >= 11 is 5.75. The molecule has 2 nitrogen and oxygen atoms in total. The molecule has 1 rings (SSSR count). The number of hydrogen-bond acceptors (Lipinski definition) is 2. The van der Waals surface area contributed by atoms with Crippen LogP contribution in [0.1, 0.15) is 12.5 Å². The van der Waals surface area contributed by atoms with Crippen LogP contribution in [-0.2, 0) is 11.2 Å². The summed E-state index contributed by atoms with van der Waals surface area (Å²) < 4.78 is 12.6. The van der Waals surface area contributed by atoms with Crippen molar-refractivity contribution in [1.29, 1.82) is 0 Å². The molecule has 0 aromatic heterocycles. The molecule has 0 bridgehead atoms. The van der Waals surface area contributed by atoms with Gasteiger partial charge >= 0.3 is 0 Å². The Morgan fingerprint density at radius 1 is 1.64 bits per heavy atom. The van der Waals surface area contributed by atoms with Gasteiger partial charge in [-0.05, 0) is 24.6 Å². The van der Waals surface area contributed by atoms with Crippen molar-refractivity contribution in [3.8, 4) is 0 Å². The lowest BCUT2D eigenvalue weighted by atomic mass is 10.1. The Morgan fingerprint density at radius 2 is 2.29 bits per heavy atom. The van der Waals surface area contributed by atoms with Crippen LogP contribution in [0.25, 0.3) is 0 Å². The van der Waals surface area contributed by atoms with Crippen LogP contribution in [0.4, 0.5) is 4.39 Å². The molecule has 0 radical (unpaired) electrons. The zero-order valence-electron chi connectivity index (χ0n) is 7.76. The summed E-state index contributed by atoms with van der Waals surface area (Å²) in [4.78, 5) is 11.3. The summed E-state index contributed by atoms with van der Waals surface area (Å²) in [6.45, 7) is 1.61. The van der Waals surface area contributed by atoms with Gasteiger partial charge in [-0.2, -0.15) is 0 Å². The molecule has 76 valence electrons. The van der Waals surface area contributed by atoms with Gasteiger partial charge in [0.25, 0.3) is 0 Å². The Balaban J connectivity index is 2.82. The number of Topliss-reactive ketones (excluding diaryl/α,β-unsaturated/α-hetero) is 1. The maximum atomic E-state index is 12.6. The van der Waals surface area contributed by atoms with Crippen molar-refractivity contribution in [3.05, 3.63) is 34.6 Å². The van der Waals surface area contributed by atoms with Gasteiger partial charge in [0, 0.05) is 11.4 Å². The number of hydrogen-bond donors (Lipinski definition) is 1. The molecule has 2 N–H and O–H groups in total. The molecular weight excluding hydrogens is 205 g/mol. The van der Waals surface area contributed by atoms with Gasteiger partial charge in [-0.15, -0.1) is 0 Å². The maximum Gasteiger partial charge on any atom is 0.153 e. The van der Waals surface area contributed by atoms with E-state index in [0.717, 1.165) is 0 Å². The van der Waals surface area contributed by atoms with Crippen molar-refractivity contribution >= 4 is 17.4 Å². The number of ketones is 1. The van der Waals surface area contributed by atoms with Crippen LogP contribution in [0, 0.1) is 5.82 Å². The Kier molecular flexibility index (Phi) is 3.61. The van der Waals surface area contributed by atoms with Crippen LogP contribution in [0.2, 0.25) is 5.02 Å². The number of rotatable bonds is 3. The molecule has 0 spiro atoms. The molecule has 0 aliphatic heterocycles. The Morgan fingerprint density at radius 3 is 2.79 bits per heavy atom. The smallest absolute Gasteiger partial charge is 0.153 e. The summed E-state index contributed by atoms with van der Waals surface area (Å²) in [5.41, 5.74) is 6.00. The van der Waals surface area contributed by atoms with E-state index in [-0.39, 0.29) is 17.2 Å². The van der Waals surface area contributed by atoms with Gasteiger partial charge < -0.3 is 5.73 Å². The zero-order chi connectivity index (χ0) is 10.7. The quantitative estimate of drug-likeness (QED) is 0.838. The van der Waals surface area contributed by atoms with E-state index in [1.54, 1.807) is 6.92 Å². The molecule has 14 heavy (non-hydrogen) atoms. The molecule has 0 aliphatic carbocycles. The minimum atomic E-state index is -0.517. The van der Waals surface area contributed by atoms with Gasteiger partial charge in [-0.3, -0.25) is 4.79 Å². The number of carbonyl (C=O) groups excluding carboxylic acids is 1. The van der Waals surface area contributed by atoms with Crippen LogP contribution < -0.4 is 5.73 Å². The van der Waals surface area contributed by atoms with Crippen LogP contribution in [0.15, 0.2) is 18.2 Å². The van der Waals surface area contributed by atoms with Gasteiger partial charge in [0.2, 0.25) is 0 Å². The fourth-order valence-corrected chi connectivity index (χ4v) is 1.25. The highest BCUT2D eigenvalue weighted by Crippen LogP contribution is 2.18. The van der Waals surface area contributed by atoms with E-state index >= 15 is 0 Å². The van der Waals surface area contributed by atoms with E-state index in [4.69, 9.17) is 17.3 Å². The zero-order valence-corrected chi connectivity index (χ0v) is 8.51. The van der Waals surface area contributed by atoms with E-state index in [0.29, 0.717) is 5.56 Å². The number of carbonyl (C=O) groups is 1. The molecular formula is C10H11ClFNO. The van der Waals surface area contributed by atoms with Crippen molar-refractivity contribution in [2.24, 2.45) is 5.73 Å². The van der Waals surface area contributed by atoms with E-state index in [1.165, 1.54) is 18.2 Å². The molecule has 1 aromatic rings. The van der Waals surface area contributed by atoms with Crippen LogP contribution in [0.5, 0.6) is 0 Å². The molecule has 0 amide bonds. The lowest BCUT2D eigenvalue weighted by Gasteiger charge is -2.05. The highest BCUT2D eigenvalue weighted by atomic mass is 35.5. The molecule has 1 unspecified atom stereocenters. The van der Waals surface area contributed by atoms with Crippen LogP contribution in [0.3, 0.4) is 0 Å². The third-order valence-corrected chi connectivity index (χ3v) is 2.24. The first-order chi connectivity index (χ1) is 6.50. The minimum Gasteiger partial charge on any atom is -0.322 e. The van der Waals surface area contributed by atoms with E-state index in [1.807, 2.05) is 0 Å². The second-order valence-corrected chi connectivity index (χ2v) is 3.57. The first kappa shape index (κ1) is 11.1. The van der Waals surface area contributed by atoms with Gasteiger partial charge in [0.15, 0.2) is 5.78 Å². The van der Waals surface area contributed by atoms with Gasteiger partial charge in [0.05, 0.1) is 6.04 Å². The van der Waals surface area contributed by atoms with E-state index in [9.17, 15) is 9.18 Å². The predicted molar refractivity (Wildman–Crippen MR) is 53.8 cm³/mol. The first-order valence-corrected chi connectivity index (χ1v) is 4.60. The first-order valence-electron chi connectivity index (χ1n) is 4.23. The predicted octanol–water partition coefficient (Wildman–Crippen LogP) is 1.94. The van der Waals surface area contributed by atoms with Crippen molar-refractivity contribution in [1.82, 2.24) is 0 Å². The van der Waals surface area contributed by atoms with Crippen LogP contribution >= 0.6 is 11.6 Å². The number of benzene rings is 1. The summed E-state index contributed by atoms with van der Waals surface area (Å²) in [7, 11) is 0. The molecule has 0 fully saturated rings. The molecule has 0 saturated carbocycles. The lowest BCUT2D eigenvalue weighted by Crippen LogP contribution is -2.28. The molecule has 4 heteroatoms. The third kappa shape index (κ3) is 2.79. The van der Waals surface area contributed by atoms with Crippen molar-refractivity contribution in [2.45, 2.75) is 19.4 Å². The van der Waals surface area contributed by atoms with Crippen molar-refractivity contribution in [2.75, 3.05) is 0 Å². The monoisotopic (exact) mass is 215 g/mol. The van der Waals surface area contributed by atoms with Crippen molar-refractivity contribution in [3.63, 3.8) is 0 Å². The SMILES string of the molecule is CC(N)C(=O)Cc1ccc(F)cc1Cl. The summed E-state index contributed by atoms with van der Waals surface area (Å²) in [6, 6.07) is 3.44. The Labute approximate surface area is 86.9 Å². The normalized spacial score (nSPS) is 12.6. The molecule has 1 aromatic carbocycles.